The minimum atomic E-state index is -1.29. The van der Waals surface area contributed by atoms with E-state index in [0.717, 1.165) is 0 Å². The third kappa shape index (κ3) is 2.18. The number of thioether (sulfide) groups is 1. The normalized spacial score (nSPS) is 26.8. The molecule has 0 bridgehead atoms. The summed E-state index contributed by atoms with van der Waals surface area (Å²) in [5.74, 6) is -0.00542. The van der Waals surface area contributed by atoms with Crippen LogP contribution in [0, 0.1) is 10.1 Å². The number of rotatable bonds is 1. The zero-order valence-electron chi connectivity index (χ0n) is 7.23. The lowest BCUT2D eigenvalue weighted by Crippen LogP contribution is -2.33. The highest BCUT2D eigenvalue weighted by Crippen LogP contribution is 2.26. The Balaban J connectivity index is 2.73. The van der Waals surface area contributed by atoms with Crippen molar-refractivity contribution < 1.29 is 9.72 Å². The molecule has 0 saturated heterocycles. The molecule has 0 fully saturated rings. The summed E-state index contributed by atoms with van der Waals surface area (Å²) in [6, 6.07) is 0. The lowest BCUT2D eigenvalue weighted by Gasteiger charge is -2.07. The van der Waals surface area contributed by atoms with E-state index in [1.807, 2.05) is 0 Å². The second-order valence-electron chi connectivity index (χ2n) is 2.86. The molecule has 72 valence electrons. The number of amides is 1. The third-order valence-electron chi connectivity index (χ3n) is 1.50. The van der Waals surface area contributed by atoms with Gasteiger partial charge in [-0.3, -0.25) is 14.9 Å². The Hall–Kier alpha value is -1.11. The molecule has 1 amide bonds. The summed E-state index contributed by atoms with van der Waals surface area (Å²) in [5, 5.41) is 13.3. The number of nitro groups is 1. The van der Waals surface area contributed by atoms with Crippen molar-refractivity contribution in [2.75, 3.05) is 5.75 Å². The highest BCUT2D eigenvalue weighted by atomic mass is 32.2. The predicted molar refractivity (Wildman–Crippen MR) is 49.1 cm³/mol. The van der Waals surface area contributed by atoms with Crippen molar-refractivity contribution in [3.63, 3.8) is 0 Å². The first-order chi connectivity index (χ1) is 5.94. The summed E-state index contributed by atoms with van der Waals surface area (Å²) >= 11 is 1.18. The second-order valence-corrected chi connectivity index (χ2v) is 3.82. The molecule has 1 rings (SSSR count). The zero-order valence-corrected chi connectivity index (χ0v) is 8.05. The average Bonchev–Trinajstić information content (AvgIpc) is 2.32. The van der Waals surface area contributed by atoms with Crippen LogP contribution in [0.1, 0.15) is 13.8 Å². The van der Waals surface area contributed by atoms with Crippen molar-refractivity contribution in [1.82, 2.24) is 5.32 Å². The van der Waals surface area contributed by atoms with Crippen LogP contribution >= 0.6 is 11.8 Å². The average molecular weight is 203 g/mol. The van der Waals surface area contributed by atoms with Crippen molar-refractivity contribution in [2.45, 2.75) is 19.5 Å². The summed E-state index contributed by atoms with van der Waals surface area (Å²) in [6.45, 7) is 2.76. The molecule has 1 aliphatic heterocycles. The van der Waals surface area contributed by atoms with Gasteiger partial charge in [0.2, 0.25) is 5.91 Å². The van der Waals surface area contributed by atoms with Gasteiger partial charge in [-0.2, -0.15) is 4.99 Å². The molecule has 1 aliphatic rings. The molecule has 1 heterocycles. The minimum Gasteiger partial charge on any atom is -0.305 e. The Morgan fingerprint density at radius 3 is 2.85 bits per heavy atom. The maximum absolute atomic E-state index is 10.6. The molecular formula is C6H9N3O3S. The van der Waals surface area contributed by atoms with Crippen molar-refractivity contribution in [2.24, 2.45) is 4.99 Å². The molecule has 7 heteroatoms. The number of nitrogens with zero attached hydrogens (tertiary/aromatic N) is 2. The SMILES string of the molecule is CC(=O)NC1=N[C@](C)([N+](=O)[O-])CS1. The van der Waals surface area contributed by atoms with Crippen molar-refractivity contribution in [3.8, 4) is 0 Å². The summed E-state index contributed by atoms with van der Waals surface area (Å²) in [4.78, 5) is 24.5. The molecule has 0 spiro atoms. The van der Waals surface area contributed by atoms with Crippen LogP contribution in [0.3, 0.4) is 0 Å². The number of hydrogen-bond acceptors (Lipinski definition) is 5. The molecule has 0 saturated carbocycles. The van der Waals surface area contributed by atoms with E-state index < -0.39 is 10.6 Å². The van der Waals surface area contributed by atoms with Gasteiger partial charge in [-0.05, 0) is 0 Å². The van der Waals surface area contributed by atoms with Crippen LogP contribution in [0.2, 0.25) is 0 Å². The largest absolute Gasteiger partial charge is 0.321 e. The number of aliphatic imine (C=N–C) groups is 1. The monoisotopic (exact) mass is 203 g/mol. The Bertz CT molecular complexity index is 291. The second kappa shape index (κ2) is 3.33. The van der Waals surface area contributed by atoms with E-state index >= 15 is 0 Å². The lowest BCUT2D eigenvalue weighted by molar-refractivity contribution is -0.555. The van der Waals surface area contributed by atoms with Gasteiger partial charge in [-0.15, -0.1) is 0 Å². The minimum absolute atomic E-state index is 0.260. The number of amidine groups is 1. The topological polar surface area (TPSA) is 84.6 Å². The van der Waals surface area contributed by atoms with Gasteiger partial charge in [0.05, 0.1) is 10.7 Å². The van der Waals surface area contributed by atoms with Gasteiger partial charge in [0.25, 0.3) is 0 Å². The first-order valence-electron chi connectivity index (χ1n) is 3.59. The van der Waals surface area contributed by atoms with Crippen LogP contribution in [0.4, 0.5) is 0 Å². The Labute approximate surface area is 78.9 Å². The van der Waals surface area contributed by atoms with Crippen LogP contribution in [-0.4, -0.2) is 27.4 Å². The third-order valence-corrected chi connectivity index (χ3v) is 2.66. The quantitative estimate of drug-likeness (QED) is 0.488. The lowest BCUT2D eigenvalue weighted by atomic mass is 10.3. The zero-order chi connectivity index (χ0) is 10.1. The fourth-order valence-electron chi connectivity index (χ4n) is 0.797. The van der Waals surface area contributed by atoms with Gasteiger partial charge < -0.3 is 5.32 Å². The Morgan fingerprint density at radius 1 is 1.85 bits per heavy atom. The van der Waals surface area contributed by atoms with Gasteiger partial charge in [0.15, 0.2) is 5.17 Å². The molecule has 1 N–H and O–H groups in total. The van der Waals surface area contributed by atoms with E-state index in [2.05, 4.69) is 10.3 Å². The van der Waals surface area contributed by atoms with Crippen LogP contribution in [0.25, 0.3) is 0 Å². The molecule has 0 aliphatic carbocycles. The maximum atomic E-state index is 10.6. The molecule has 0 aromatic carbocycles. The number of nitrogens with one attached hydrogen (secondary N) is 1. The maximum Gasteiger partial charge on any atom is 0.321 e. The summed E-state index contributed by atoms with van der Waals surface area (Å²) in [6.07, 6.45) is 0. The van der Waals surface area contributed by atoms with Gasteiger partial charge in [-0.25, -0.2) is 0 Å². The summed E-state index contributed by atoms with van der Waals surface area (Å²) in [7, 11) is 0. The smallest absolute Gasteiger partial charge is 0.305 e. The Kier molecular flexibility index (Phi) is 2.55. The molecule has 1 atom stereocenters. The van der Waals surface area contributed by atoms with Gasteiger partial charge in [0, 0.05) is 13.8 Å². The van der Waals surface area contributed by atoms with E-state index in [1.54, 1.807) is 0 Å². The molecular weight excluding hydrogens is 194 g/mol. The molecule has 0 aromatic heterocycles. The fourth-order valence-corrected chi connectivity index (χ4v) is 1.85. The summed E-state index contributed by atoms with van der Waals surface area (Å²) < 4.78 is 0. The summed E-state index contributed by atoms with van der Waals surface area (Å²) in [5.41, 5.74) is -1.29. The van der Waals surface area contributed by atoms with E-state index in [-0.39, 0.29) is 11.7 Å². The van der Waals surface area contributed by atoms with E-state index in [4.69, 9.17) is 0 Å². The highest BCUT2D eigenvalue weighted by molar-refractivity contribution is 8.14. The molecule has 6 nitrogen and oxygen atoms in total. The first kappa shape index (κ1) is 9.97. The van der Waals surface area contributed by atoms with Gasteiger partial charge in [-0.1, -0.05) is 11.8 Å². The molecule has 0 radical (unpaired) electrons. The van der Waals surface area contributed by atoms with Gasteiger partial charge in [0.1, 0.15) is 0 Å². The number of carbonyl (C=O) groups excluding carboxylic acids is 1. The van der Waals surface area contributed by atoms with E-state index in [0.29, 0.717) is 5.17 Å². The Morgan fingerprint density at radius 2 is 2.46 bits per heavy atom. The first-order valence-corrected chi connectivity index (χ1v) is 4.57. The van der Waals surface area contributed by atoms with E-state index in [9.17, 15) is 14.9 Å². The van der Waals surface area contributed by atoms with Crippen LogP contribution in [-0.2, 0) is 4.79 Å². The fraction of sp³-hybridized carbons (Fsp3) is 0.667. The number of carbonyl (C=O) groups is 1. The molecule has 0 unspecified atom stereocenters. The standard InChI is InChI=1S/C6H9N3O3S/c1-4(10)7-5-8-6(2,3-13-5)9(11)12/h3H2,1-2H3,(H,7,8,10)/t6-/m1/s1. The highest BCUT2D eigenvalue weighted by Gasteiger charge is 2.42. The van der Waals surface area contributed by atoms with E-state index in [1.165, 1.54) is 25.6 Å². The van der Waals surface area contributed by atoms with Crippen LogP contribution in [0.15, 0.2) is 4.99 Å². The van der Waals surface area contributed by atoms with Crippen molar-refractivity contribution >= 4 is 22.8 Å². The van der Waals surface area contributed by atoms with Crippen LogP contribution < -0.4 is 5.32 Å². The predicted octanol–water partition coefficient (Wildman–Crippen LogP) is 0.218. The van der Waals surface area contributed by atoms with Crippen molar-refractivity contribution in [3.05, 3.63) is 10.1 Å². The molecule has 0 aromatic rings. The van der Waals surface area contributed by atoms with Crippen molar-refractivity contribution in [1.29, 1.82) is 0 Å². The van der Waals surface area contributed by atoms with Crippen LogP contribution in [0.5, 0.6) is 0 Å². The number of hydrogen-bond donors (Lipinski definition) is 1. The van der Waals surface area contributed by atoms with Gasteiger partial charge >= 0.3 is 5.66 Å². The molecule has 13 heavy (non-hydrogen) atoms.